The second-order valence-corrected chi connectivity index (χ2v) is 4.67. The van der Waals surface area contributed by atoms with Crippen molar-refractivity contribution in [1.82, 2.24) is 9.78 Å². The first-order valence-electron chi connectivity index (χ1n) is 6.38. The summed E-state index contributed by atoms with van der Waals surface area (Å²) in [5, 5.41) is 13.3. The number of esters is 1. The maximum Gasteiger partial charge on any atom is 0.341 e. The van der Waals surface area contributed by atoms with E-state index in [1.807, 2.05) is 6.92 Å². The second kappa shape index (κ2) is 5.85. The summed E-state index contributed by atoms with van der Waals surface area (Å²) in [4.78, 5) is 11.9. The first-order valence-corrected chi connectivity index (χ1v) is 6.38. The summed E-state index contributed by atoms with van der Waals surface area (Å²) in [7, 11) is 0. The number of carbonyl (C=O) groups excluding carboxylic acids is 1. The lowest BCUT2D eigenvalue weighted by atomic mass is 9.83. The van der Waals surface area contributed by atoms with E-state index in [4.69, 9.17) is 9.47 Å². The number of carbonyl (C=O) groups is 1. The Hall–Kier alpha value is -1.87. The van der Waals surface area contributed by atoms with Gasteiger partial charge in [-0.1, -0.05) is 0 Å². The number of hydrogen-bond donors (Lipinski definition) is 0. The molecule has 6 heteroatoms. The summed E-state index contributed by atoms with van der Waals surface area (Å²) in [6.45, 7) is 3.84. The average molecular weight is 263 g/mol. The van der Waals surface area contributed by atoms with Crippen LogP contribution in [0.2, 0.25) is 0 Å². The van der Waals surface area contributed by atoms with Gasteiger partial charge >= 0.3 is 5.97 Å². The molecule has 0 radical (unpaired) electrons. The summed E-state index contributed by atoms with van der Waals surface area (Å²) < 4.78 is 12.1. The van der Waals surface area contributed by atoms with E-state index in [1.54, 1.807) is 10.9 Å². The highest BCUT2D eigenvalue weighted by Crippen LogP contribution is 2.30. The van der Waals surface area contributed by atoms with Gasteiger partial charge in [-0.05, 0) is 19.8 Å². The summed E-state index contributed by atoms with van der Waals surface area (Å²) in [5.74, 6) is -0.430. The van der Waals surface area contributed by atoms with Gasteiger partial charge < -0.3 is 9.47 Å². The summed E-state index contributed by atoms with van der Waals surface area (Å²) in [6.07, 6.45) is 4.33. The standard InChI is InChI=1S/C13H17N3O3/c1-2-16-8-11(7-15-16)12(17)19-10-13(9-14)3-5-18-6-4-13/h7-8H,2-6,10H2,1H3. The van der Waals surface area contributed by atoms with E-state index in [9.17, 15) is 10.1 Å². The van der Waals surface area contributed by atoms with E-state index in [2.05, 4.69) is 11.2 Å². The van der Waals surface area contributed by atoms with Crippen molar-refractivity contribution in [2.45, 2.75) is 26.3 Å². The van der Waals surface area contributed by atoms with Crippen molar-refractivity contribution >= 4 is 5.97 Å². The maximum atomic E-state index is 11.9. The molecule has 0 atom stereocenters. The van der Waals surface area contributed by atoms with Gasteiger partial charge in [-0.25, -0.2) is 4.79 Å². The van der Waals surface area contributed by atoms with Crippen LogP contribution in [0.25, 0.3) is 0 Å². The highest BCUT2D eigenvalue weighted by atomic mass is 16.5. The molecule has 1 aromatic rings. The smallest absolute Gasteiger partial charge is 0.341 e. The lowest BCUT2D eigenvalue weighted by Crippen LogP contribution is -2.33. The molecule has 102 valence electrons. The molecule has 0 N–H and O–H groups in total. The molecule has 0 unspecified atom stereocenters. The molecule has 2 heterocycles. The lowest BCUT2D eigenvalue weighted by Gasteiger charge is -2.29. The van der Waals surface area contributed by atoms with Crippen LogP contribution < -0.4 is 0 Å². The Morgan fingerprint density at radius 2 is 2.37 bits per heavy atom. The quantitative estimate of drug-likeness (QED) is 0.767. The fraction of sp³-hybridized carbons (Fsp3) is 0.615. The molecule has 1 aromatic heterocycles. The molecule has 19 heavy (non-hydrogen) atoms. The van der Waals surface area contributed by atoms with Gasteiger partial charge in [-0.2, -0.15) is 10.4 Å². The molecule has 1 aliphatic rings. The van der Waals surface area contributed by atoms with Gasteiger partial charge in [-0.15, -0.1) is 0 Å². The van der Waals surface area contributed by atoms with Crippen molar-refractivity contribution in [2.75, 3.05) is 19.8 Å². The van der Waals surface area contributed by atoms with Gasteiger partial charge in [0, 0.05) is 26.0 Å². The van der Waals surface area contributed by atoms with E-state index in [1.165, 1.54) is 6.20 Å². The lowest BCUT2D eigenvalue weighted by molar-refractivity contribution is -0.00467. The first-order chi connectivity index (χ1) is 9.19. The number of nitrogens with zero attached hydrogens (tertiary/aromatic N) is 3. The van der Waals surface area contributed by atoms with Crippen molar-refractivity contribution in [2.24, 2.45) is 5.41 Å². The SMILES string of the molecule is CCn1cc(C(=O)OCC2(C#N)CCOCC2)cn1. The van der Waals surface area contributed by atoms with Gasteiger partial charge in [0.2, 0.25) is 0 Å². The van der Waals surface area contributed by atoms with Crippen molar-refractivity contribution < 1.29 is 14.3 Å². The van der Waals surface area contributed by atoms with Gasteiger partial charge in [0.1, 0.15) is 6.61 Å². The van der Waals surface area contributed by atoms with Crippen molar-refractivity contribution in [1.29, 1.82) is 5.26 Å². The average Bonchev–Trinajstić information content (AvgIpc) is 2.95. The van der Waals surface area contributed by atoms with Crippen LogP contribution >= 0.6 is 0 Å². The molecular formula is C13H17N3O3. The monoisotopic (exact) mass is 263 g/mol. The van der Waals surface area contributed by atoms with Gasteiger partial charge in [0.05, 0.1) is 23.2 Å². The van der Waals surface area contributed by atoms with Crippen LogP contribution in [-0.4, -0.2) is 35.6 Å². The van der Waals surface area contributed by atoms with Gasteiger partial charge in [0.25, 0.3) is 0 Å². The van der Waals surface area contributed by atoms with Crippen LogP contribution in [0.4, 0.5) is 0 Å². The fourth-order valence-corrected chi connectivity index (χ4v) is 1.98. The van der Waals surface area contributed by atoms with Crippen molar-refractivity contribution in [3.05, 3.63) is 18.0 Å². The molecule has 0 aromatic carbocycles. The van der Waals surface area contributed by atoms with E-state index in [-0.39, 0.29) is 6.61 Å². The fourth-order valence-electron chi connectivity index (χ4n) is 1.98. The number of rotatable bonds is 4. The minimum atomic E-state index is -0.603. The Morgan fingerprint density at radius 1 is 1.63 bits per heavy atom. The third kappa shape index (κ3) is 3.12. The van der Waals surface area contributed by atoms with Crippen LogP contribution in [0.1, 0.15) is 30.1 Å². The van der Waals surface area contributed by atoms with E-state index < -0.39 is 11.4 Å². The Bertz CT molecular complexity index is 484. The van der Waals surface area contributed by atoms with E-state index in [0.29, 0.717) is 38.2 Å². The van der Waals surface area contributed by atoms with Crippen LogP contribution in [0.15, 0.2) is 12.4 Å². The Labute approximate surface area is 111 Å². The zero-order chi connectivity index (χ0) is 13.7. The predicted octanol–water partition coefficient (Wildman–Crippen LogP) is 1.38. The summed E-state index contributed by atoms with van der Waals surface area (Å²) in [6, 6.07) is 2.26. The maximum absolute atomic E-state index is 11.9. The van der Waals surface area contributed by atoms with E-state index in [0.717, 1.165) is 0 Å². The third-order valence-electron chi connectivity index (χ3n) is 3.36. The molecular weight excluding hydrogens is 246 g/mol. The number of ether oxygens (including phenoxy) is 2. The largest absolute Gasteiger partial charge is 0.460 e. The molecule has 0 bridgehead atoms. The minimum Gasteiger partial charge on any atom is -0.460 e. The highest BCUT2D eigenvalue weighted by Gasteiger charge is 2.34. The Kier molecular flexibility index (Phi) is 4.17. The first kappa shape index (κ1) is 13.6. The van der Waals surface area contributed by atoms with Crippen molar-refractivity contribution in [3.8, 4) is 6.07 Å². The number of aryl methyl sites for hydroxylation is 1. The van der Waals surface area contributed by atoms with E-state index >= 15 is 0 Å². The molecule has 2 rings (SSSR count). The number of aromatic nitrogens is 2. The number of nitriles is 1. The zero-order valence-electron chi connectivity index (χ0n) is 11.0. The summed E-state index contributed by atoms with van der Waals surface area (Å²) >= 11 is 0. The normalized spacial score (nSPS) is 17.7. The Morgan fingerprint density at radius 3 is 2.95 bits per heavy atom. The highest BCUT2D eigenvalue weighted by molar-refractivity contribution is 5.88. The Balaban J connectivity index is 1.94. The molecule has 0 amide bonds. The molecule has 0 saturated carbocycles. The van der Waals surface area contributed by atoms with Crippen LogP contribution in [0.5, 0.6) is 0 Å². The summed E-state index contributed by atoms with van der Waals surface area (Å²) in [5.41, 5.74) is -0.184. The molecule has 0 spiro atoms. The van der Waals surface area contributed by atoms with Crippen LogP contribution in [-0.2, 0) is 16.0 Å². The number of hydrogen-bond acceptors (Lipinski definition) is 5. The second-order valence-electron chi connectivity index (χ2n) is 4.67. The topological polar surface area (TPSA) is 77.1 Å². The zero-order valence-corrected chi connectivity index (χ0v) is 11.0. The van der Waals surface area contributed by atoms with Crippen LogP contribution in [0.3, 0.4) is 0 Å². The molecule has 1 aliphatic heterocycles. The van der Waals surface area contributed by atoms with Crippen LogP contribution in [0, 0.1) is 16.7 Å². The molecule has 1 saturated heterocycles. The molecule has 1 fully saturated rings. The van der Waals surface area contributed by atoms with Crippen molar-refractivity contribution in [3.63, 3.8) is 0 Å². The predicted molar refractivity (Wildman–Crippen MR) is 66.3 cm³/mol. The van der Waals surface area contributed by atoms with Gasteiger partial charge in [0.15, 0.2) is 0 Å². The third-order valence-corrected chi connectivity index (χ3v) is 3.36. The molecule has 0 aliphatic carbocycles. The van der Waals surface area contributed by atoms with Gasteiger partial charge in [-0.3, -0.25) is 4.68 Å². The minimum absolute atomic E-state index is 0.114. The molecule has 6 nitrogen and oxygen atoms in total.